The summed E-state index contributed by atoms with van der Waals surface area (Å²) in [6.07, 6.45) is 0.939. The Labute approximate surface area is 181 Å². The Balaban J connectivity index is 2.09. The molecule has 12 heteroatoms. The number of benzene rings is 2. The minimum atomic E-state index is -3.71. The van der Waals surface area contributed by atoms with Gasteiger partial charge in [-0.2, -0.15) is 0 Å². The third-order valence-electron chi connectivity index (χ3n) is 4.01. The van der Waals surface area contributed by atoms with Crippen molar-refractivity contribution in [2.24, 2.45) is 0 Å². The first-order valence-corrected chi connectivity index (χ1v) is 12.2. The van der Waals surface area contributed by atoms with Crippen molar-refractivity contribution < 1.29 is 31.2 Å². The van der Waals surface area contributed by atoms with Crippen molar-refractivity contribution in [3.63, 3.8) is 0 Å². The van der Waals surface area contributed by atoms with Crippen LogP contribution in [-0.4, -0.2) is 60.0 Å². The average Bonchev–Trinajstić information content (AvgIpc) is 2.66. The van der Waals surface area contributed by atoms with E-state index in [0.29, 0.717) is 5.56 Å². The Bertz CT molecular complexity index is 1210. The highest BCUT2D eigenvalue weighted by Gasteiger charge is 2.21. The topological polar surface area (TPSA) is 139 Å². The zero-order chi connectivity index (χ0) is 23.4. The highest BCUT2D eigenvalue weighted by atomic mass is 32.2. The lowest BCUT2D eigenvalue weighted by Gasteiger charge is -2.15. The molecule has 1 amide bonds. The Morgan fingerprint density at radius 3 is 2.29 bits per heavy atom. The quantitative estimate of drug-likeness (QED) is 0.557. The minimum Gasteiger partial charge on any atom is -0.452 e. The van der Waals surface area contributed by atoms with E-state index in [1.165, 1.54) is 50.5 Å². The van der Waals surface area contributed by atoms with Crippen molar-refractivity contribution in [3.8, 4) is 0 Å². The van der Waals surface area contributed by atoms with Crippen LogP contribution in [0.2, 0.25) is 0 Å². The van der Waals surface area contributed by atoms with E-state index in [1.807, 2.05) is 0 Å². The number of sulfonamides is 2. The number of ether oxygens (including phenoxy) is 1. The van der Waals surface area contributed by atoms with Crippen molar-refractivity contribution in [3.05, 3.63) is 53.6 Å². The molecule has 0 aliphatic rings. The molecule has 0 unspecified atom stereocenters. The Hall–Kier alpha value is -2.96. The second-order valence-electron chi connectivity index (χ2n) is 6.81. The summed E-state index contributed by atoms with van der Waals surface area (Å²) in [5.41, 5.74) is 0.683. The summed E-state index contributed by atoms with van der Waals surface area (Å²) >= 11 is 0. The number of para-hydroxylation sites is 1. The number of hydrogen-bond donors (Lipinski definition) is 2. The van der Waals surface area contributed by atoms with Crippen LogP contribution in [0.5, 0.6) is 0 Å². The normalized spacial score (nSPS) is 11.8. The zero-order valence-corrected chi connectivity index (χ0v) is 19.0. The van der Waals surface area contributed by atoms with Gasteiger partial charge >= 0.3 is 5.97 Å². The molecule has 0 aliphatic carbocycles. The number of nitrogens with one attached hydrogen (secondary N) is 2. The van der Waals surface area contributed by atoms with Crippen LogP contribution in [0.4, 0.5) is 11.4 Å². The van der Waals surface area contributed by atoms with E-state index in [0.717, 1.165) is 10.6 Å². The minimum absolute atomic E-state index is 0.0208. The lowest BCUT2D eigenvalue weighted by Crippen LogP contribution is -2.24. The molecule has 0 saturated heterocycles. The smallest absolute Gasteiger partial charge is 0.340 e. The lowest BCUT2D eigenvalue weighted by molar-refractivity contribution is -0.119. The van der Waals surface area contributed by atoms with Gasteiger partial charge in [0.15, 0.2) is 6.61 Å². The number of anilines is 2. The molecule has 0 heterocycles. The monoisotopic (exact) mass is 469 g/mol. The third-order valence-corrected chi connectivity index (χ3v) is 6.55. The number of nitrogens with zero attached hydrogens (tertiary/aromatic N) is 1. The summed E-state index contributed by atoms with van der Waals surface area (Å²) in [6.45, 7) is 0.974. The Kier molecular flexibility index (Phi) is 7.41. The van der Waals surface area contributed by atoms with Gasteiger partial charge in [0.2, 0.25) is 20.0 Å². The van der Waals surface area contributed by atoms with E-state index in [-0.39, 0.29) is 21.8 Å². The largest absolute Gasteiger partial charge is 0.452 e. The van der Waals surface area contributed by atoms with Crippen LogP contribution >= 0.6 is 0 Å². The van der Waals surface area contributed by atoms with Gasteiger partial charge in [0.05, 0.1) is 22.4 Å². The van der Waals surface area contributed by atoms with Gasteiger partial charge in [-0.15, -0.1) is 0 Å². The predicted molar refractivity (Wildman–Crippen MR) is 116 cm³/mol. The molecule has 0 aromatic heterocycles. The maximum absolute atomic E-state index is 12.4. The molecule has 0 fully saturated rings. The van der Waals surface area contributed by atoms with Gasteiger partial charge in [0, 0.05) is 19.8 Å². The third kappa shape index (κ3) is 6.51. The number of carbonyl (C=O) groups excluding carboxylic acids is 2. The summed E-state index contributed by atoms with van der Waals surface area (Å²) in [6, 6.07) is 10.2. The summed E-state index contributed by atoms with van der Waals surface area (Å²) in [5, 5.41) is 2.47. The van der Waals surface area contributed by atoms with Gasteiger partial charge in [-0.05, 0) is 36.8 Å². The van der Waals surface area contributed by atoms with Crippen LogP contribution < -0.4 is 10.0 Å². The summed E-state index contributed by atoms with van der Waals surface area (Å²) in [7, 11) is -4.53. The molecule has 31 heavy (non-hydrogen) atoms. The fourth-order valence-electron chi connectivity index (χ4n) is 2.51. The van der Waals surface area contributed by atoms with Gasteiger partial charge in [-0.3, -0.25) is 9.52 Å². The molecule has 0 bridgehead atoms. The van der Waals surface area contributed by atoms with E-state index in [1.54, 1.807) is 13.0 Å². The van der Waals surface area contributed by atoms with Crippen LogP contribution in [0.15, 0.2) is 47.4 Å². The van der Waals surface area contributed by atoms with Crippen molar-refractivity contribution in [1.29, 1.82) is 0 Å². The molecular formula is C19H23N3O7S2. The number of carbonyl (C=O) groups is 2. The highest BCUT2D eigenvalue weighted by Crippen LogP contribution is 2.22. The van der Waals surface area contributed by atoms with E-state index >= 15 is 0 Å². The number of rotatable bonds is 8. The molecule has 2 aromatic rings. The van der Waals surface area contributed by atoms with Gasteiger partial charge in [-0.1, -0.05) is 18.2 Å². The molecule has 0 atom stereocenters. The van der Waals surface area contributed by atoms with E-state index in [4.69, 9.17) is 4.74 Å². The summed E-state index contributed by atoms with van der Waals surface area (Å²) in [4.78, 5) is 24.5. The average molecular weight is 470 g/mol. The first-order valence-electron chi connectivity index (χ1n) is 8.88. The fourth-order valence-corrected chi connectivity index (χ4v) is 4.23. The number of amides is 1. The number of esters is 1. The maximum atomic E-state index is 12.4. The molecule has 0 saturated carbocycles. The second-order valence-corrected chi connectivity index (χ2v) is 10.7. The van der Waals surface area contributed by atoms with Crippen molar-refractivity contribution in [2.75, 3.05) is 37.0 Å². The van der Waals surface area contributed by atoms with Crippen LogP contribution in [0.3, 0.4) is 0 Å². The molecule has 2 aromatic carbocycles. The molecule has 10 nitrogen and oxygen atoms in total. The summed E-state index contributed by atoms with van der Waals surface area (Å²) in [5.74, 6) is -1.60. The predicted octanol–water partition coefficient (Wildman–Crippen LogP) is 1.41. The Morgan fingerprint density at radius 2 is 1.68 bits per heavy atom. The SMILES string of the molecule is Cc1ccc(NC(=O)COC(=O)c2ccccc2NS(C)(=O)=O)cc1S(=O)(=O)N(C)C. The maximum Gasteiger partial charge on any atom is 0.340 e. The van der Waals surface area contributed by atoms with Crippen molar-refractivity contribution >= 4 is 43.3 Å². The molecular weight excluding hydrogens is 446 g/mol. The zero-order valence-electron chi connectivity index (χ0n) is 17.4. The van der Waals surface area contributed by atoms with Crippen LogP contribution in [0.1, 0.15) is 15.9 Å². The van der Waals surface area contributed by atoms with Crippen molar-refractivity contribution in [2.45, 2.75) is 11.8 Å². The second kappa shape index (κ2) is 9.45. The van der Waals surface area contributed by atoms with Gasteiger partial charge in [-0.25, -0.2) is 25.9 Å². The molecule has 168 valence electrons. The number of hydrogen-bond acceptors (Lipinski definition) is 7. The van der Waals surface area contributed by atoms with E-state index in [9.17, 15) is 26.4 Å². The molecule has 2 rings (SSSR count). The highest BCUT2D eigenvalue weighted by molar-refractivity contribution is 7.92. The fraction of sp³-hybridized carbons (Fsp3) is 0.263. The van der Waals surface area contributed by atoms with Crippen LogP contribution in [-0.2, 0) is 29.6 Å². The molecule has 0 spiro atoms. The van der Waals surface area contributed by atoms with Crippen molar-refractivity contribution in [1.82, 2.24) is 4.31 Å². The molecule has 2 N–H and O–H groups in total. The van der Waals surface area contributed by atoms with Crippen LogP contribution in [0, 0.1) is 6.92 Å². The number of aryl methyl sites for hydroxylation is 1. The van der Waals surface area contributed by atoms with E-state index in [2.05, 4.69) is 10.0 Å². The summed E-state index contributed by atoms with van der Waals surface area (Å²) < 4.78 is 55.9. The first-order chi connectivity index (χ1) is 14.3. The van der Waals surface area contributed by atoms with Gasteiger partial charge in [0.1, 0.15) is 0 Å². The van der Waals surface area contributed by atoms with Gasteiger partial charge < -0.3 is 10.1 Å². The van der Waals surface area contributed by atoms with E-state index < -0.39 is 38.5 Å². The first kappa shape index (κ1) is 24.3. The standard InChI is InChI=1S/C19H23N3O7S2/c1-13-9-10-14(11-17(13)31(27,28)22(2)3)20-18(23)12-29-19(24)15-7-5-6-8-16(15)21-30(4,25)26/h5-11,21H,12H2,1-4H3,(H,20,23). The Morgan fingerprint density at radius 1 is 1.03 bits per heavy atom. The molecule has 0 radical (unpaired) electrons. The molecule has 0 aliphatic heterocycles. The lowest BCUT2D eigenvalue weighted by atomic mass is 10.2. The van der Waals surface area contributed by atoms with Gasteiger partial charge in [0.25, 0.3) is 5.91 Å². The van der Waals surface area contributed by atoms with Crippen LogP contribution in [0.25, 0.3) is 0 Å².